The lowest BCUT2D eigenvalue weighted by molar-refractivity contribution is -0.132. The minimum absolute atomic E-state index is 0.0492. The number of carbonyl (C=O) groups is 2. The number of rotatable bonds is 5. The predicted molar refractivity (Wildman–Crippen MR) is 115 cm³/mol. The third-order valence-electron chi connectivity index (χ3n) is 5.69. The van der Waals surface area contributed by atoms with Gasteiger partial charge in [0.05, 0.1) is 23.0 Å². The van der Waals surface area contributed by atoms with Crippen molar-refractivity contribution < 1.29 is 9.59 Å². The van der Waals surface area contributed by atoms with Crippen molar-refractivity contribution in [3.63, 3.8) is 0 Å². The maximum atomic E-state index is 13.1. The summed E-state index contributed by atoms with van der Waals surface area (Å²) in [4.78, 5) is 32.2. The van der Waals surface area contributed by atoms with Crippen molar-refractivity contribution in [1.29, 1.82) is 0 Å². The van der Waals surface area contributed by atoms with E-state index in [9.17, 15) is 9.59 Å². The summed E-state index contributed by atoms with van der Waals surface area (Å²) in [5.41, 5.74) is 1.74. The van der Waals surface area contributed by atoms with Crippen molar-refractivity contribution in [2.75, 3.05) is 6.54 Å². The number of nitrogens with zero attached hydrogens (tertiary/aromatic N) is 3. The molecular formula is C23H34N4O2. The average Bonchev–Trinajstić information content (AvgIpc) is 3.19. The van der Waals surface area contributed by atoms with Gasteiger partial charge in [-0.25, -0.2) is 4.98 Å². The smallest absolute Gasteiger partial charge is 0.226 e. The van der Waals surface area contributed by atoms with Gasteiger partial charge in [0.25, 0.3) is 0 Å². The molecule has 6 nitrogen and oxygen atoms in total. The molecule has 1 aromatic heterocycles. The van der Waals surface area contributed by atoms with Gasteiger partial charge in [0.2, 0.25) is 11.8 Å². The molecule has 29 heavy (non-hydrogen) atoms. The zero-order valence-electron chi connectivity index (χ0n) is 18.7. The molecule has 0 radical (unpaired) electrons. The van der Waals surface area contributed by atoms with Crippen LogP contribution in [-0.2, 0) is 9.59 Å². The largest absolute Gasteiger partial charge is 0.346 e. The van der Waals surface area contributed by atoms with Crippen LogP contribution in [0.15, 0.2) is 24.3 Å². The monoisotopic (exact) mass is 398 g/mol. The molecule has 6 heteroatoms. The third-order valence-corrected chi connectivity index (χ3v) is 5.69. The Hall–Kier alpha value is -2.37. The Labute approximate surface area is 173 Å². The minimum Gasteiger partial charge on any atom is -0.346 e. The number of benzene rings is 1. The van der Waals surface area contributed by atoms with Crippen LogP contribution in [0.4, 0.5) is 0 Å². The van der Waals surface area contributed by atoms with Gasteiger partial charge >= 0.3 is 0 Å². The van der Waals surface area contributed by atoms with Crippen LogP contribution >= 0.6 is 0 Å². The topological polar surface area (TPSA) is 67.2 Å². The molecule has 2 heterocycles. The molecule has 1 fully saturated rings. The maximum Gasteiger partial charge on any atom is 0.226 e. The van der Waals surface area contributed by atoms with Crippen molar-refractivity contribution in [2.45, 2.75) is 72.5 Å². The van der Waals surface area contributed by atoms with Crippen LogP contribution in [0.5, 0.6) is 0 Å². The Morgan fingerprint density at radius 2 is 1.83 bits per heavy atom. The van der Waals surface area contributed by atoms with E-state index in [1.807, 2.05) is 43.9 Å². The number of hydrogen-bond acceptors (Lipinski definition) is 3. The SMILES string of the molecule is CC(C)C(NC(=O)C1CC(=O)N(C(C)(C)C)C1)c1nc2ccccc2n1C(C)C. The number of carbonyl (C=O) groups excluding carboxylic acids is 2. The van der Waals surface area contributed by atoms with E-state index in [2.05, 4.69) is 43.6 Å². The molecule has 0 aliphatic carbocycles. The number of nitrogens with one attached hydrogen (secondary N) is 1. The number of aromatic nitrogens is 2. The summed E-state index contributed by atoms with van der Waals surface area (Å²) in [6.45, 7) is 14.9. The van der Waals surface area contributed by atoms with E-state index in [-0.39, 0.29) is 47.7 Å². The minimum atomic E-state index is -0.320. The number of fused-ring (bicyclic) bond motifs is 1. The number of likely N-dealkylation sites (tertiary alicyclic amines) is 1. The molecule has 3 rings (SSSR count). The van der Waals surface area contributed by atoms with E-state index in [1.165, 1.54) is 0 Å². The standard InChI is InChI=1S/C23H34N4O2/c1-14(2)20(21-24-17-10-8-9-11-18(17)27(21)15(3)4)25-22(29)16-12-19(28)26(13-16)23(5,6)7/h8-11,14-16,20H,12-13H2,1-7H3,(H,25,29). The number of imidazole rings is 1. The van der Waals surface area contributed by atoms with Crippen molar-refractivity contribution in [3.05, 3.63) is 30.1 Å². The van der Waals surface area contributed by atoms with E-state index in [1.54, 1.807) is 0 Å². The molecule has 2 unspecified atom stereocenters. The van der Waals surface area contributed by atoms with Gasteiger partial charge in [-0.05, 0) is 52.7 Å². The number of para-hydroxylation sites is 2. The van der Waals surface area contributed by atoms with E-state index in [0.717, 1.165) is 16.9 Å². The zero-order chi connectivity index (χ0) is 21.5. The second-order valence-electron chi connectivity index (χ2n) is 9.73. The molecule has 1 aromatic carbocycles. The van der Waals surface area contributed by atoms with Crippen molar-refractivity contribution in [2.24, 2.45) is 11.8 Å². The van der Waals surface area contributed by atoms with Crippen LogP contribution in [0.3, 0.4) is 0 Å². The molecule has 1 saturated heterocycles. The highest BCUT2D eigenvalue weighted by atomic mass is 16.2. The number of amides is 2. The van der Waals surface area contributed by atoms with Crippen LogP contribution in [0, 0.1) is 11.8 Å². The zero-order valence-corrected chi connectivity index (χ0v) is 18.7. The molecule has 1 N–H and O–H groups in total. The maximum absolute atomic E-state index is 13.1. The Morgan fingerprint density at radius 1 is 1.17 bits per heavy atom. The van der Waals surface area contributed by atoms with Crippen LogP contribution in [-0.4, -0.2) is 38.3 Å². The molecule has 1 aliphatic heterocycles. The van der Waals surface area contributed by atoms with Gasteiger partial charge in [0, 0.05) is 24.5 Å². The summed E-state index contributed by atoms with van der Waals surface area (Å²) < 4.78 is 2.21. The van der Waals surface area contributed by atoms with E-state index < -0.39 is 0 Å². The molecule has 0 spiro atoms. The highest BCUT2D eigenvalue weighted by Gasteiger charge is 2.40. The van der Waals surface area contributed by atoms with Crippen LogP contribution < -0.4 is 5.32 Å². The summed E-state index contributed by atoms with van der Waals surface area (Å²) in [5.74, 6) is 0.713. The Morgan fingerprint density at radius 3 is 2.38 bits per heavy atom. The van der Waals surface area contributed by atoms with Gasteiger partial charge in [-0.3, -0.25) is 9.59 Å². The van der Waals surface area contributed by atoms with Gasteiger partial charge in [0.15, 0.2) is 0 Å². The second kappa shape index (κ2) is 7.81. The highest BCUT2D eigenvalue weighted by Crippen LogP contribution is 2.31. The number of hydrogen-bond donors (Lipinski definition) is 1. The van der Waals surface area contributed by atoms with Crippen LogP contribution in [0.2, 0.25) is 0 Å². The fraction of sp³-hybridized carbons (Fsp3) is 0.609. The molecule has 1 aliphatic rings. The van der Waals surface area contributed by atoms with Gasteiger partial charge in [-0.2, -0.15) is 0 Å². The van der Waals surface area contributed by atoms with Gasteiger partial charge < -0.3 is 14.8 Å². The summed E-state index contributed by atoms with van der Waals surface area (Å²) in [6.07, 6.45) is 0.272. The first-order valence-corrected chi connectivity index (χ1v) is 10.6. The summed E-state index contributed by atoms with van der Waals surface area (Å²) in [5, 5.41) is 3.22. The van der Waals surface area contributed by atoms with Gasteiger partial charge in [0.1, 0.15) is 5.82 Å². The predicted octanol–water partition coefficient (Wildman–Crippen LogP) is 4.08. The van der Waals surface area contributed by atoms with E-state index in [4.69, 9.17) is 4.98 Å². The molecule has 0 bridgehead atoms. The van der Waals surface area contributed by atoms with E-state index >= 15 is 0 Å². The second-order valence-corrected chi connectivity index (χ2v) is 9.73. The summed E-state index contributed by atoms with van der Waals surface area (Å²) >= 11 is 0. The third kappa shape index (κ3) is 4.16. The average molecular weight is 399 g/mol. The highest BCUT2D eigenvalue weighted by molar-refractivity contribution is 5.89. The lowest BCUT2D eigenvalue weighted by Gasteiger charge is -2.32. The van der Waals surface area contributed by atoms with Crippen molar-refractivity contribution in [1.82, 2.24) is 19.8 Å². The molecular weight excluding hydrogens is 364 g/mol. The molecule has 2 aromatic rings. The first-order chi connectivity index (χ1) is 13.5. The first kappa shape index (κ1) is 21.3. The van der Waals surface area contributed by atoms with Gasteiger partial charge in [-0.15, -0.1) is 0 Å². The van der Waals surface area contributed by atoms with Crippen molar-refractivity contribution in [3.8, 4) is 0 Å². The van der Waals surface area contributed by atoms with Crippen molar-refractivity contribution >= 4 is 22.8 Å². The lowest BCUT2D eigenvalue weighted by Crippen LogP contribution is -2.44. The molecule has 2 amide bonds. The van der Waals surface area contributed by atoms with Gasteiger partial charge in [-0.1, -0.05) is 26.0 Å². The fourth-order valence-corrected chi connectivity index (χ4v) is 4.16. The molecule has 2 atom stereocenters. The Kier molecular flexibility index (Phi) is 5.74. The summed E-state index contributed by atoms with van der Waals surface area (Å²) in [6, 6.07) is 8.09. The van der Waals surface area contributed by atoms with E-state index in [0.29, 0.717) is 6.54 Å². The lowest BCUT2D eigenvalue weighted by atomic mass is 10.0. The first-order valence-electron chi connectivity index (χ1n) is 10.6. The Balaban J connectivity index is 1.89. The fourth-order valence-electron chi connectivity index (χ4n) is 4.16. The summed E-state index contributed by atoms with van der Waals surface area (Å²) in [7, 11) is 0. The Bertz CT molecular complexity index is 907. The molecule has 0 saturated carbocycles. The quantitative estimate of drug-likeness (QED) is 0.825. The van der Waals surface area contributed by atoms with Crippen LogP contribution in [0.1, 0.15) is 72.8 Å². The van der Waals surface area contributed by atoms with Crippen LogP contribution in [0.25, 0.3) is 11.0 Å². The molecule has 158 valence electrons. The normalized spacial score (nSPS) is 18.9.